The van der Waals surface area contributed by atoms with E-state index in [1.165, 1.54) is 0 Å². The van der Waals surface area contributed by atoms with Crippen LogP contribution in [0.5, 0.6) is 0 Å². The van der Waals surface area contributed by atoms with E-state index in [0.717, 1.165) is 17.1 Å². The van der Waals surface area contributed by atoms with Gasteiger partial charge in [0.05, 0.1) is 11.8 Å². The van der Waals surface area contributed by atoms with Crippen molar-refractivity contribution in [1.82, 2.24) is 10.2 Å². The fourth-order valence-electron chi connectivity index (χ4n) is 1.36. The molecule has 0 aliphatic heterocycles. The number of hydrogen-bond acceptors (Lipinski definition) is 3. The molecule has 0 aliphatic rings. The third-order valence-corrected chi connectivity index (χ3v) is 1.95. The third-order valence-electron chi connectivity index (χ3n) is 1.95. The van der Waals surface area contributed by atoms with Gasteiger partial charge in [0.2, 0.25) is 0 Å². The number of H-pyrrole nitrogens is 1. The maximum atomic E-state index is 4.26. The molecular formula is C9H16N4. The number of hydrogen-bond donors (Lipinski definition) is 2. The Morgan fingerprint density at radius 2 is 2.31 bits per heavy atom. The Morgan fingerprint density at radius 3 is 2.77 bits per heavy atom. The lowest BCUT2D eigenvalue weighted by molar-refractivity contribution is 0.882. The predicted octanol–water partition coefficient (Wildman–Crippen LogP) is 1.53. The molecule has 0 radical (unpaired) electrons. The van der Waals surface area contributed by atoms with Crippen LogP contribution < -0.4 is 5.32 Å². The summed E-state index contributed by atoms with van der Waals surface area (Å²) in [7, 11) is 3.67. The summed E-state index contributed by atoms with van der Waals surface area (Å²) in [5, 5.41) is 9.91. The lowest BCUT2D eigenvalue weighted by Crippen LogP contribution is -2.10. The molecule has 0 bridgehead atoms. The fourth-order valence-corrected chi connectivity index (χ4v) is 1.36. The molecule has 0 fully saturated rings. The Labute approximate surface area is 78.5 Å². The summed E-state index contributed by atoms with van der Waals surface area (Å²) in [6.45, 7) is 4.24. The standard InChI is InChI=1S/C9H16N4/c1-6(2)8(10-3)7-5-12-13-9(7)11-4/h5-6H,1-4H3,(H2,11,12,13). The van der Waals surface area contributed by atoms with Crippen LogP contribution in [0.1, 0.15) is 19.4 Å². The van der Waals surface area contributed by atoms with E-state index in [-0.39, 0.29) is 0 Å². The average Bonchev–Trinajstić information content (AvgIpc) is 2.53. The van der Waals surface area contributed by atoms with E-state index in [2.05, 4.69) is 34.4 Å². The normalized spacial score (nSPS) is 12.2. The minimum Gasteiger partial charge on any atom is -0.373 e. The summed E-state index contributed by atoms with van der Waals surface area (Å²) in [6.07, 6.45) is 1.80. The van der Waals surface area contributed by atoms with Gasteiger partial charge in [-0.3, -0.25) is 10.1 Å². The van der Waals surface area contributed by atoms with E-state index in [4.69, 9.17) is 0 Å². The van der Waals surface area contributed by atoms with Gasteiger partial charge in [-0.15, -0.1) is 0 Å². The molecule has 0 saturated heterocycles. The number of aromatic amines is 1. The zero-order chi connectivity index (χ0) is 9.84. The summed E-state index contributed by atoms with van der Waals surface area (Å²) in [4.78, 5) is 4.26. The summed E-state index contributed by atoms with van der Waals surface area (Å²) in [6, 6.07) is 0. The quantitative estimate of drug-likeness (QED) is 0.693. The van der Waals surface area contributed by atoms with Gasteiger partial charge in [-0.05, 0) is 5.92 Å². The minimum absolute atomic E-state index is 0.412. The van der Waals surface area contributed by atoms with Gasteiger partial charge in [0.25, 0.3) is 0 Å². The fraction of sp³-hybridized carbons (Fsp3) is 0.556. The van der Waals surface area contributed by atoms with Crippen LogP contribution >= 0.6 is 0 Å². The van der Waals surface area contributed by atoms with Gasteiger partial charge < -0.3 is 5.32 Å². The number of nitrogens with zero attached hydrogens (tertiary/aromatic N) is 2. The molecule has 0 amide bonds. The first kappa shape index (κ1) is 9.77. The highest BCUT2D eigenvalue weighted by molar-refractivity contribution is 6.05. The van der Waals surface area contributed by atoms with Crippen molar-refractivity contribution in [2.75, 3.05) is 19.4 Å². The number of rotatable bonds is 3. The smallest absolute Gasteiger partial charge is 0.130 e. The highest BCUT2D eigenvalue weighted by atomic mass is 15.2. The predicted molar refractivity (Wildman–Crippen MR) is 55.4 cm³/mol. The molecule has 4 heteroatoms. The van der Waals surface area contributed by atoms with Crippen LogP contribution in [0, 0.1) is 5.92 Å². The van der Waals surface area contributed by atoms with E-state index < -0.39 is 0 Å². The summed E-state index contributed by atoms with van der Waals surface area (Å²) >= 11 is 0. The first-order valence-corrected chi connectivity index (χ1v) is 4.38. The van der Waals surface area contributed by atoms with E-state index in [1.807, 2.05) is 14.1 Å². The van der Waals surface area contributed by atoms with Gasteiger partial charge in [-0.1, -0.05) is 13.8 Å². The second kappa shape index (κ2) is 4.07. The number of nitrogens with one attached hydrogen (secondary N) is 2. The molecule has 0 unspecified atom stereocenters. The molecule has 0 aliphatic carbocycles. The van der Waals surface area contributed by atoms with Crippen molar-refractivity contribution in [3.63, 3.8) is 0 Å². The van der Waals surface area contributed by atoms with Gasteiger partial charge in [0.15, 0.2) is 0 Å². The second-order valence-electron chi connectivity index (χ2n) is 3.17. The average molecular weight is 180 g/mol. The Bertz CT molecular complexity index is 298. The lowest BCUT2D eigenvalue weighted by Gasteiger charge is -2.08. The van der Waals surface area contributed by atoms with E-state index in [1.54, 1.807) is 6.20 Å². The summed E-state index contributed by atoms with van der Waals surface area (Å²) < 4.78 is 0. The van der Waals surface area contributed by atoms with Crippen molar-refractivity contribution in [2.45, 2.75) is 13.8 Å². The highest BCUT2D eigenvalue weighted by Crippen LogP contribution is 2.15. The third kappa shape index (κ3) is 1.88. The molecular weight excluding hydrogens is 164 g/mol. The summed E-state index contributed by atoms with van der Waals surface area (Å²) in [5.74, 6) is 1.34. The van der Waals surface area contributed by atoms with E-state index >= 15 is 0 Å². The maximum absolute atomic E-state index is 4.26. The number of aromatic nitrogens is 2. The lowest BCUT2D eigenvalue weighted by atomic mass is 10.0. The van der Waals surface area contributed by atoms with Crippen molar-refractivity contribution in [1.29, 1.82) is 0 Å². The number of aliphatic imine (C=N–C) groups is 1. The molecule has 0 atom stereocenters. The van der Waals surface area contributed by atoms with Crippen molar-refractivity contribution >= 4 is 11.5 Å². The van der Waals surface area contributed by atoms with Crippen LogP contribution in [0.25, 0.3) is 0 Å². The monoisotopic (exact) mass is 180 g/mol. The molecule has 2 N–H and O–H groups in total. The molecule has 72 valence electrons. The highest BCUT2D eigenvalue weighted by Gasteiger charge is 2.12. The van der Waals surface area contributed by atoms with Crippen LogP contribution in [0.2, 0.25) is 0 Å². The topological polar surface area (TPSA) is 53.1 Å². The first-order valence-electron chi connectivity index (χ1n) is 4.38. The molecule has 1 rings (SSSR count). The van der Waals surface area contributed by atoms with Crippen molar-refractivity contribution in [3.8, 4) is 0 Å². The molecule has 0 aromatic carbocycles. The van der Waals surface area contributed by atoms with Crippen LogP contribution in [-0.2, 0) is 0 Å². The summed E-state index contributed by atoms with van der Waals surface area (Å²) in [5.41, 5.74) is 2.12. The van der Waals surface area contributed by atoms with Gasteiger partial charge in [0, 0.05) is 19.8 Å². The van der Waals surface area contributed by atoms with Crippen molar-refractivity contribution in [3.05, 3.63) is 11.8 Å². The molecule has 1 aromatic heterocycles. The molecule has 0 saturated carbocycles. The molecule has 0 spiro atoms. The van der Waals surface area contributed by atoms with Crippen molar-refractivity contribution < 1.29 is 0 Å². The zero-order valence-electron chi connectivity index (χ0n) is 8.55. The Hall–Kier alpha value is -1.32. The molecule has 1 heterocycles. The van der Waals surface area contributed by atoms with E-state index in [0.29, 0.717) is 5.92 Å². The van der Waals surface area contributed by atoms with Crippen LogP contribution in [0.3, 0.4) is 0 Å². The minimum atomic E-state index is 0.412. The van der Waals surface area contributed by atoms with Crippen LogP contribution in [0.4, 0.5) is 5.82 Å². The largest absolute Gasteiger partial charge is 0.373 e. The maximum Gasteiger partial charge on any atom is 0.130 e. The Morgan fingerprint density at radius 1 is 1.62 bits per heavy atom. The van der Waals surface area contributed by atoms with Crippen LogP contribution in [0.15, 0.2) is 11.2 Å². The van der Waals surface area contributed by atoms with Crippen molar-refractivity contribution in [2.24, 2.45) is 10.9 Å². The molecule has 4 nitrogen and oxygen atoms in total. The Kier molecular flexibility index (Phi) is 3.06. The molecule has 1 aromatic rings. The van der Waals surface area contributed by atoms with Gasteiger partial charge in [-0.2, -0.15) is 5.10 Å². The SMILES string of the molecule is CN=C(c1cn[nH]c1NC)C(C)C. The van der Waals surface area contributed by atoms with Crippen LogP contribution in [-0.4, -0.2) is 30.0 Å². The zero-order valence-corrected chi connectivity index (χ0v) is 8.55. The van der Waals surface area contributed by atoms with Gasteiger partial charge in [0.1, 0.15) is 5.82 Å². The number of anilines is 1. The Balaban J connectivity index is 3.05. The second-order valence-corrected chi connectivity index (χ2v) is 3.17. The van der Waals surface area contributed by atoms with Gasteiger partial charge >= 0.3 is 0 Å². The van der Waals surface area contributed by atoms with E-state index in [9.17, 15) is 0 Å². The van der Waals surface area contributed by atoms with Gasteiger partial charge in [-0.25, -0.2) is 0 Å². The first-order chi connectivity index (χ1) is 6.20. The molecule has 13 heavy (non-hydrogen) atoms.